The van der Waals surface area contributed by atoms with E-state index in [4.69, 9.17) is 0 Å². The monoisotopic (exact) mass is 318 g/mol. The Morgan fingerprint density at radius 3 is 2.25 bits per heavy atom. The molecule has 20 heavy (non-hydrogen) atoms. The van der Waals surface area contributed by atoms with Crippen LogP contribution < -0.4 is 5.32 Å². The number of hydrogen-bond donors (Lipinski definition) is 1. The lowest BCUT2D eigenvalue weighted by Gasteiger charge is -2.35. The van der Waals surface area contributed by atoms with E-state index in [-0.39, 0.29) is 24.5 Å². The number of nitrogens with zero attached hydrogens (tertiary/aromatic N) is 1. The topological polar surface area (TPSA) is 49.4 Å². The molecule has 0 radical (unpaired) electrons. The SMILES string of the molecule is Cc1ccc(C)c(S(=O)(=O)N2CC(C)NC(C)C2)c1.Cl. The molecule has 1 aliphatic heterocycles. The Bertz CT molecular complexity index is 565. The average Bonchev–Trinajstić information content (AvgIpc) is 2.31. The number of hydrogen-bond acceptors (Lipinski definition) is 3. The number of rotatable bonds is 2. The second-order valence-electron chi connectivity index (χ2n) is 5.56. The number of halogens is 1. The van der Waals surface area contributed by atoms with Crippen molar-refractivity contribution in [1.29, 1.82) is 0 Å². The molecule has 1 aliphatic rings. The zero-order chi connectivity index (χ0) is 14.2. The summed E-state index contributed by atoms with van der Waals surface area (Å²) >= 11 is 0. The summed E-state index contributed by atoms with van der Waals surface area (Å²) in [5.74, 6) is 0. The van der Waals surface area contributed by atoms with Crippen molar-refractivity contribution >= 4 is 22.4 Å². The predicted octanol–water partition coefficient (Wildman–Crippen LogP) is 2.10. The first-order chi connectivity index (χ1) is 8.80. The summed E-state index contributed by atoms with van der Waals surface area (Å²) in [6.45, 7) is 8.85. The van der Waals surface area contributed by atoms with Gasteiger partial charge in [0.15, 0.2) is 0 Å². The normalized spacial score (nSPS) is 24.2. The average molecular weight is 319 g/mol. The number of sulfonamides is 1. The van der Waals surface area contributed by atoms with Crippen LogP contribution in [0.2, 0.25) is 0 Å². The molecule has 1 aromatic carbocycles. The van der Waals surface area contributed by atoms with Gasteiger partial charge in [-0.2, -0.15) is 4.31 Å². The standard InChI is InChI=1S/C14H22N2O2S.ClH/c1-10-5-6-11(2)14(7-10)19(17,18)16-8-12(3)15-13(4)9-16;/h5-7,12-13,15H,8-9H2,1-4H3;1H. The van der Waals surface area contributed by atoms with E-state index in [1.54, 1.807) is 10.4 Å². The van der Waals surface area contributed by atoms with E-state index in [9.17, 15) is 8.42 Å². The molecule has 2 atom stereocenters. The van der Waals surface area contributed by atoms with Crippen LogP contribution in [0.1, 0.15) is 25.0 Å². The van der Waals surface area contributed by atoms with Crippen molar-refractivity contribution in [2.45, 2.75) is 44.7 Å². The molecule has 0 aliphatic carbocycles. The number of aryl methyl sites for hydroxylation is 2. The van der Waals surface area contributed by atoms with Gasteiger partial charge in [0.05, 0.1) is 4.90 Å². The van der Waals surface area contributed by atoms with Crippen molar-refractivity contribution in [3.63, 3.8) is 0 Å². The molecule has 4 nitrogen and oxygen atoms in total. The fourth-order valence-corrected chi connectivity index (χ4v) is 4.52. The van der Waals surface area contributed by atoms with Gasteiger partial charge in [-0.25, -0.2) is 8.42 Å². The smallest absolute Gasteiger partial charge is 0.243 e. The van der Waals surface area contributed by atoms with Gasteiger partial charge in [0, 0.05) is 25.2 Å². The van der Waals surface area contributed by atoms with E-state index in [2.05, 4.69) is 5.32 Å². The minimum Gasteiger partial charge on any atom is -0.309 e. The van der Waals surface area contributed by atoms with Crippen molar-refractivity contribution in [2.24, 2.45) is 0 Å². The van der Waals surface area contributed by atoms with E-state index in [1.165, 1.54) is 0 Å². The van der Waals surface area contributed by atoms with Crippen molar-refractivity contribution in [1.82, 2.24) is 9.62 Å². The molecular weight excluding hydrogens is 296 g/mol. The van der Waals surface area contributed by atoms with Gasteiger partial charge in [-0.05, 0) is 44.9 Å². The maximum Gasteiger partial charge on any atom is 0.243 e. The third-order valence-electron chi connectivity index (χ3n) is 3.49. The van der Waals surface area contributed by atoms with Crippen LogP contribution in [0.15, 0.2) is 23.1 Å². The van der Waals surface area contributed by atoms with Gasteiger partial charge in [0.1, 0.15) is 0 Å². The van der Waals surface area contributed by atoms with Gasteiger partial charge in [-0.3, -0.25) is 0 Å². The molecule has 114 valence electrons. The van der Waals surface area contributed by atoms with Gasteiger partial charge >= 0.3 is 0 Å². The number of nitrogens with one attached hydrogen (secondary N) is 1. The van der Waals surface area contributed by atoms with E-state index in [0.29, 0.717) is 18.0 Å². The molecule has 0 spiro atoms. The Balaban J connectivity index is 0.00000200. The first kappa shape index (κ1) is 17.4. The van der Waals surface area contributed by atoms with Crippen LogP contribution in [0, 0.1) is 13.8 Å². The maximum atomic E-state index is 12.7. The van der Waals surface area contributed by atoms with Crippen LogP contribution in [0.3, 0.4) is 0 Å². The summed E-state index contributed by atoms with van der Waals surface area (Å²) in [6, 6.07) is 5.95. The highest BCUT2D eigenvalue weighted by atomic mass is 35.5. The second-order valence-corrected chi connectivity index (χ2v) is 7.47. The summed E-state index contributed by atoms with van der Waals surface area (Å²) < 4.78 is 27.1. The number of benzene rings is 1. The largest absolute Gasteiger partial charge is 0.309 e. The molecule has 1 heterocycles. The van der Waals surface area contributed by atoms with Crippen LogP contribution in [-0.2, 0) is 10.0 Å². The van der Waals surface area contributed by atoms with Crippen molar-refractivity contribution < 1.29 is 8.42 Å². The third-order valence-corrected chi connectivity index (χ3v) is 5.46. The summed E-state index contributed by atoms with van der Waals surface area (Å²) in [7, 11) is -3.39. The van der Waals surface area contributed by atoms with Crippen LogP contribution in [0.5, 0.6) is 0 Å². The molecule has 1 N–H and O–H groups in total. The van der Waals surface area contributed by atoms with E-state index < -0.39 is 10.0 Å². The van der Waals surface area contributed by atoms with Gasteiger partial charge in [0.25, 0.3) is 0 Å². The van der Waals surface area contributed by atoms with Crippen molar-refractivity contribution in [2.75, 3.05) is 13.1 Å². The molecule has 0 bridgehead atoms. The predicted molar refractivity (Wildman–Crippen MR) is 84.0 cm³/mol. The van der Waals surface area contributed by atoms with Crippen molar-refractivity contribution in [3.05, 3.63) is 29.3 Å². The quantitative estimate of drug-likeness (QED) is 0.908. The first-order valence-corrected chi connectivity index (χ1v) is 8.08. The molecule has 6 heteroatoms. The minimum atomic E-state index is -3.39. The first-order valence-electron chi connectivity index (χ1n) is 6.64. The molecule has 1 fully saturated rings. The Kier molecular flexibility index (Phi) is 5.61. The summed E-state index contributed by atoms with van der Waals surface area (Å²) in [6.07, 6.45) is 0. The highest BCUT2D eigenvalue weighted by molar-refractivity contribution is 7.89. The van der Waals surface area contributed by atoms with Gasteiger partial charge in [-0.1, -0.05) is 12.1 Å². The fraction of sp³-hybridized carbons (Fsp3) is 0.571. The van der Waals surface area contributed by atoms with Crippen LogP contribution in [0.25, 0.3) is 0 Å². The van der Waals surface area contributed by atoms with E-state index in [0.717, 1.165) is 11.1 Å². The Morgan fingerprint density at radius 2 is 1.70 bits per heavy atom. The van der Waals surface area contributed by atoms with Gasteiger partial charge in [0.2, 0.25) is 10.0 Å². The molecule has 0 saturated carbocycles. The molecule has 0 amide bonds. The minimum absolute atomic E-state index is 0. The Labute approximate surface area is 128 Å². The van der Waals surface area contributed by atoms with E-state index in [1.807, 2.05) is 39.8 Å². The van der Waals surface area contributed by atoms with Gasteiger partial charge in [-0.15, -0.1) is 12.4 Å². The Morgan fingerprint density at radius 1 is 1.15 bits per heavy atom. The van der Waals surface area contributed by atoms with Crippen LogP contribution >= 0.6 is 12.4 Å². The maximum absolute atomic E-state index is 12.7. The summed E-state index contributed by atoms with van der Waals surface area (Å²) in [5.41, 5.74) is 1.78. The van der Waals surface area contributed by atoms with Crippen LogP contribution in [-0.4, -0.2) is 37.9 Å². The second kappa shape index (κ2) is 6.43. The zero-order valence-electron chi connectivity index (χ0n) is 12.4. The van der Waals surface area contributed by atoms with Gasteiger partial charge < -0.3 is 5.32 Å². The van der Waals surface area contributed by atoms with E-state index >= 15 is 0 Å². The molecule has 1 saturated heterocycles. The number of piperazine rings is 1. The highest BCUT2D eigenvalue weighted by Crippen LogP contribution is 2.23. The lowest BCUT2D eigenvalue weighted by atomic mass is 10.2. The summed E-state index contributed by atoms with van der Waals surface area (Å²) in [5, 5.41) is 3.35. The van der Waals surface area contributed by atoms with Crippen LogP contribution in [0.4, 0.5) is 0 Å². The third kappa shape index (κ3) is 3.52. The lowest BCUT2D eigenvalue weighted by molar-refractivity contribution is 0.263. The lowest BCUT2D eigenvalue weighted by Crippen LogP contribution is -2.55. The molecule has 0 aromatic heterocycles. The molecule has 2 rings (SSSR count). The highest BCUT2D eigenvalue weighted by Gasteiger charge is 2.32. The molecular formula is C14H23ClN2O2S. The molecule has 1 aromatic rings. The Hall–Kier alpha value is -0.620. The fourth-order valence-electron chi connectivity index (χ4n) is 2.60. The zero-order valence-corrected chi connectivity index (χ0v) is 14.0. The molecule has 2 unspecified atom stereocenters. The van der Waals surface area contributed by atoms with Crippen molar-refractivity contribution in [3.8, 4) is 0 Å². The summed E-state index contributed by atoms with van der Waals surface area (Å²) in [4.78, 5) is 0.439.